The van der Waals surface area contributed by atoms with Gasteiger partial charge in [-0.05, 0) is 43.1 Å². The standard InChI is InChI=1S/C15H23N3O2/c1-4-11-12(5-2)17-18-14(13(11)15(19)20)16-8-9(3)10-6-7-10/h9-10H,4-8H2,1-3H3,(H,16,18)(H,19,20). The Hall–Kier alpha value is -1.65. The summed E-state index contributed by atoms with van der Waals surface area (Å²) in [6.45, 7) is 6.88. The Morgan fingerprint density at radius 1 is 1.35 bits per heavy atom. The van der Waals surface area contributed by atoms with E-state index < -0.39 is 5.97 Å². The number of carboxylic acids is 1. The smallest absolute Gasteiger partial charge is 0.339 e. The van der Waals surface area contributed by atoms with Crippen molar-refractivity contribution in [3.05, 3.63) is 16.8 Å². The van der Waals surface area contributed by atoms with Crippen LogP contribution in [-0.2, 0) is 12.8 Å². The van der Waals surface area contributed by atoms with Gasteiger partial charge in [-0.3, -0.25) is 0 Å². The Balaban J connectivity index is 2.24. The monoisotopic (exact) mass is 277 g/mol. The molecule has 1 heterocycles. The molecule has 0 spiro atoms. The number of anilines is 1. The normalized spacial score (nSPS) is 15.9. The molecule has 1 aromatic rings. The zero-order valence-electron chi connectivity index (χ0n) is 12.4. The summed E-state index contributed by atoms with van der Waals surface area (Å²) in [5.74, 6) is 0.825. The molecular formula is C15H23N3O2. The number of hydrogen-bond donors (Lipinski definition) is 2. The molecule has 1 aromatic heterocycles. The Labute approximate surface area is 119 Å². The molecule has 0 radical (unpaired) electrons. The van der Waals surface area contributed by atoms with Gasteiger partial charge in [-0.15, -0.1) is 5.10 Å². The van der Waals surface area contributed by atoms with Crippen LogP contribution in [0.25, 0.3) is 0 Å². The molecule has 0 saturated heterocycles. The Kier molecular flexibility index (Phi) is 4.57. The molecule has 5 nitrogen and oxygen atoms in total. The molecule has 1 saturated carbocycles. The highest BCUT2D eigenvalue weighted by molar-refractivity contribution is 5.95. The molecule has 110 valence electrons. The van der Waals surface area contributed by atoms with Gasteiger partial charge in [0.05, 0.1) is 5.69 Å². The van der Waals surface area contributed by atoms with Gasteiger partial charge in [0.2, 0.25) is 0 Å². The van der Waals surface area contributed by atoms with E-state index in [-0.39, 0.29) is 0 Å². The maximum atomic E-state index is 11.6. The van der Waals surface area contributed by atoms with Gasteiger partial charge in [-0.2, -0.15) is 5.10 Å². The SMILES string of the molecule is CCc1nnc(NCC(C)C2CC2)c(C(=O)O)c1CC. The first kappa shape index (κ1) is 14.8. The van der Waals surface area contributed by atoms with Crippen LogP contribution >= 0.6 is 0 Å². The van der Waals surface area contributed by atoms with Crippen LogP contribution in [0, 0.1) is 11.8 Å². The molecule has 0 aliphatic heterocycles. The molecule has 0 amide bonds. The highest BCUT2D eigenvalue weighted by atomic mass is 16.4. The predicted octanol–water partition coefficient (Wildman–Crippen LogP) is 2.76. The van der Waals surface area contributed by atoms with Crippen molar-refractivity contribution in [2.75, 3.05) is 11.9 Å². The van der Waals surface area contributed by atoms with E-state index in [0.717, 1.165) is 23.7 Å². The van der Waals surface area contributed by atoms with Crippen LogP contribution in [0.3, 0.4) is 0 Å². The van der Waals surface area contributed by atoms with Gasteiger partial charge in [-0.1, -0.05) is 20.8 Å². The number of aryl methyl sites for hydroxylation is 1. The fraction of sp³-hybridized carbons (Fsp3) is 0.667. The van der Waals surface area contributed by atoms with Crippen LogP contribution in [0.15, 0.2) is 0 Å². The van der Waals surface area contributed by atoms with Gasteiger partial charge in [0.25, 0.3) is 0 Å². The third-order valence-corrected chi connectivity index (χ3v) is 4.08. The number of aromatic nitrogens is 2. The number of hydrogen-bond acceptors (Lipinski definition) is 4. The van der Waals surface area contributed by atoms with Gasteiger partial charge in [-0.25, -0.2) is 4.79 Å². The van der Waals surface area contributed by atoms with Crippen molar-refractivity contribution in [1.82, 2.24) is 10.2 Å². The van der Waals surface area contributed by atoms with Gasteiger partial charge < -0.3 is 10.4 Å². The predicted molar refractivity (Wildman–Crippen MR) is 78.1 cm³/mol. The molecular weight excluding hydrogens is 254 g/mol. The van der Waals surface area contributed by atoms with E-state index in [9.17, 15) is 9.90 Å². The van der Waals surface area contributed by atoms with E-state index in [2.05, 4.69) is 22.4 Å². The minimum atomic E-state index is -0.923. The highest BCUT2D eigenvalue weighted by Gasteiger charge is 2.28. The van der Waals surface area contributed by atoms with Gasteiger partial charge in [0, 0.05) is 6.54 Å². The third kappa shape index (κ3) is 3.08. The zero-order chi connectivity index (χ0) is 14.7. The Bertz CT molecular complexity index is 498. The lowest BCUT2D eigenvalue weighted by Crippen LogP contribution is -2.19. The number of carboxylic acid groups (broad SMARTS) is 1. The second-order valence-electron chi connectivity index (χ2n) is 5.56. The summed E-state index contributed by atoms with van der Waals surface area (Å²) < 4.78 is 0. The van der Waals surface area contributed by atoms with E-state index >= 15 is 0 Å². The molecule has 0 aromatic carbocycles. The van der Waals surface area contributed by atoms with Crippen molar-refractivity contribution in [2.24, 2.45) is 11.8 Å². The number of nitrogens with zero attached hydrogens (tertiary/aromatic N) is 2. The summed E-state index contributed by atoms with van der Waals surface area (Å²) in [6.07, 6.45) is 3.94. The second-order valence-corrected chi connectivity index (χ2v) is 5.56. The molecule has 20 heavy (non-hydrogen) atoms. The molecule has 1 aliphatic carbocycles. The van der Waals surface area contributed by atoms with Crippen molar-refractivity contribution in [3.8, 4) is 0 Å². The van der Waals surface area contributed by atoms with Gasteiger partial charge in [0.1, 0.15) is 5.56 Å². The summed E-state index contributed by atoms with van der Waals surface area (Å²) >= 11 is 0. The minimum absolute atomic E-state index is 0.294. The number of rotatable bonds is 7. The fourth-order valence-electron chi connectivity index (χ4n) is 2.62. The largest absolute Gasteiger partial charge is 0.478 e. The van der Waals surface area contributed by atoms with Crippen molar-refractivity contribution >= 4 is 11.8 Å². The molecule has 2 rings (SSSR count). The molecule has 5 heteroatoms. The van der Waals surface area contributed by atoms with E-state index in [4.69, 9.17) is 0 Å². The number of aromatic carboxylic acids is 1. The van der Waals surface area contributed by atoms with E-state index in [1.165, 1.54) is 12.8 Å². The lowest BCUT2D eigenvalue weighted by Gasteiger charge is -2.16. The Morgan fingerprint density at radius 2 is 2.05 bits per heavy atom. The first-order valence-electron chi connectivity index (χ1n) is 7.44. The topological polar surface area (TPSA) is 75.1 Å². The summed E-state index contributed by atoms with van der Waals surface area (Å²) in [4.78, 5) is 11.6. The first-order valence-corrected chi connectivity index (χ1v) is 7.44. The van der Waals surface area contributed by atoms with Crippen LogP contribution in [0.5, 0.6) is 0 Å². The van der Waals surface area contributed by atoms with Crippen molar-refractivity contribution in [2.45, 2.75) is 46.5 Å². The lowest BCUT2D eigenvalue weighted by atomic mass is 10.0. The van der Waals surface area contributed by atoms with E-state index in [0.29, 0.717) is 30.1 Å². The zero-order valence-corrected chi connectivity index (χ0v) is 12.4. The van der Waals surface area contributed by atoms with Gasteiger partial charge >= 0.3 is 5.97 Å². The average molecular weight is 277 g/mol. The van der Waals surface area contributed by atoms with Crippen LogP contribution < -0.4 is 5.32 Å². The number of nitrogens with one attached hydrogen (secondary N) is 1. The molecule has 1 unspecified atom stereocenters. The van der Waals surface area contributed by atoms with E-state index in [1.54, 1.807) is 0 Å². The molecule has 1 atom stereocenters. The third-order valence-electron chi connectivity index (χ3n) is 4.08. The van der Waals surface area contributed by atoms with Crippen LogP contribution in [0.1, 0.15) is 55.2 Å². The van der Waals surface area contributed by atoms with Crippen molar-refractivity contribution in [1.29, 1.82) is 0 Å². The quantitative estimate of drug-likeness (QED) is 0.801. The molecule has 1 aliphatic rings. The van der Waals surface area contributed by atoms with Crippen LogP contribution in [0.2, 0.25) is 0 Å². The molecule has 1 fully saturated rings. The second kappa shape index (κ2) is 6.20. The average Bonchev–Trinajstić information content (AvgIpc) is 3.27. The summed E-state index contributed by atoms with van der Waals surface area (Å²) in [6, 6.07) is 0. The lowest BCUT2D eigenvalue weighted by molar-refractivity contribution is 0.0696. The summed E-state index contributed by atoms with van der Waals surface area (Å²) in [5, 5.41) is 20.9. The first-order chi connectivity index (χ1) is 9.58. The summed E-state index contributed by atoms with van der Waals surface area (Å²) in [7, 11) is 0. The van der Waals surface area contributed by atoms with Crippen LogP contribution in [-0.4, -0.2) is 27.8 Å². The Morgan fingerprint density at radius 3 is 2.55 bits per heavy atom. The number of carbonyl (C=O) groups is 1. The van der Waals surface area contributed by atoms with Crippen molar-refractivity contribution < 1.29 is 9.90 Å². The highest BCUT2D eigenvalue weighted by Crippen LogP contribution is 2.36. The molecule has 0 bridgehead atoms. The molecule has 2 N–H and O–H groups in total. The fourth-order valence-corrected chi connectivity index (χ4v) is 2.62. The van der Waals surface area contributed by atoms with Gasteiger partial charge in [0.15, 0.2) is 5.82 Å². The maximum Gasteiger partial charge on any atom is 0.339 e. The van der Waals surface area contributed by atoms with Crippen molar-refractivity contribution in [3.63, 3.8) is 0 Å². The maximum absolute atomic E-state index is 11.6. The van der Waals surface area contributed by atoms with Crippen LogP contribution in [0.4, 0.5) is 5.82 Å². The summed E-state index contributed by atoms with van der Waals surface area (Å²) in [5.41, 5.74) is 1.88. The minimum Gasteiger partial charge on any atom is -0.478 e. The van der Waals surface area contributed by atoms with E-state index in [1.807, 2.05) is 13.8 Å².